The molecule has 3 nitrogen and oxygen atoms in total. The molecule has 0 aliphatic carbocycles. The number of thioether (sulfide) groups is 1. The number of aryl methyl sites for hydroxylation is 1. The van der Waals surface area contributed by atoms with Crippen LogP contribution in [-0.2, 0) is 0 Å². The zero-order valence-electron chi connectivity index (χ0n) is 14.2. The third-order valence-corrected chi connectivity index (χ3v) is 6.19. The molecule has 3 rings (SSSR count). The first-order valence-corrected chi connectivity index (χ1v) is 10.1. The molecule has 2 heterocycles. The van der Waals surface area contributed by atoms with E-state index in [1.54, 1.807) is 0 Å². The fraction of sp³-hybridized carbons (Fsp3) is 0.632. The number of carbonyl (C=O) groups excluding carboxylic acids is 1. The van der Waals surface area contributed by atoms with Gasteiger partial charge in [0.2, 0.25) is 0 Å². The molecule has 4 heteroatoms. The Morgan fingerprint density at radius 2 is 1.91 bits per heavy atom. The molecule has 2 fully saturated rings. The highest BCUT2D eigenvalue weighted by molar-refractivity contribution is 7.99. The standard InChI is InChI=1S/C19H28N2OS/c1-16-8-3-4-9-18(16)19(22)21-12-7-13-23-15-17(21)14-20-10-5-2-6-11-20/h3-4,8-9,17H,2,5-7,10-15H2,1H3. The predicted octanol–water partition coefficient (Wildman–Crippen LogP) is 3.43. The highest BCUT2D eigenvalue weighted by Gasteiger charge is 2.29. The molecule has 0 saturated carbocycles. The second kappa shape index (κ2) is 8.20. The number of carbonyl (C=O) groups is 1. The van der Waals surface area contributed by atoms with E-state index < -0.39 is 0 Å². The van der Waals surface area contributed by atoms with Crippen LogP contribution in [0.3, 0.4) is 0 Å². The van der Waals surface area contributed by atoms with Gasteiger partial charge < -0.3 is 9.80 Å². The third-order valence-electron chi connectivity index (χ3n) is 4.99. The van der Waals surface area contributed by atoms with E-state index in [1.165, 1.54) is 38.1 Å². The molecule has 1 aromatic carbocycles. The van der Waals surface area contributed by atoms with Crippen LogP contribution in [-0.4, -0.2) is 59.4 Å². The summed E-state index contributed by atoms with van der Waals surface area (Å²) in [4.78, 5) is 17.9. The van der Waals surface area contributed by atoms with Gasteiger partial charge in [-0.15, -0.1) is 0 Å². The fourth-order valence-electron chi connectivity index (χ4n) is 3.66. The normalized spacial score (nSPS) is 23.5. The van der Waals surface area contributed by atoms with Crippen LogP contribution in [0, 0.1) is 6.92 Å². The van der Waals surface area contributed by atoms with Crippen molar-refractivity contribution in [2.24, 2.45) is 0 Å². The minimum Gasteiger partial charge on any atom is -0.334 e. The highest BCUT2D eigenvalue weighted by atomic mass is 32.2. The molecule has 23 heavy (non-hydrogen) atoms. The minimum absolute atomic E-state index is 0.229. The van der Waals surface area contributed by atoms with E-state index in [1.807, 2.05) is 43.0 Å². The van der Waals surface area contributed by atoms with E-state index in [2.05, 4.69) is 9.80 Å². The summed E-state index contributed by atoms with van der Waals surface area (Å²) in [7, 11) is 0. The molecule has 126 valence electrons. The van der Waals surface area contributed by atoms with Gasteiger partial charge in [0.05, 0.1) is 6.04 Å². The van der Waals surface area contributed by atoms with Crippen molar-refractivity contribution in [2.45, 2.75) is 38.6 Å². The van der Waals surface area contributed by atoms with Gasteiger partial charge in [0, 0.05) is 24.4 Å². The Morgan fingerprint density at radius 1 is 1.13 bits per heavy atom. The minimum atomic E-state index is 0.229. The molecule has 0 N–H and O–H groups in total. The van der Waals surface area contributed by atoms with Crippen molar-refractivity contribution in [1.29, 1.82) is 0 Å². The molecule has 2 aliphatic heterocycles. The van der Waals surface area contributed by atoms with E-state index in [0.717, 1.165) is 36.4 Å². The Kier molecular flexibility index (Phi) is 6.01. The Labute approximate surface area is 144 Å². The molecule has 0 bridgehead atoms. The molecule has 1 amide bonds. The SMILES string of the molecule is Cc1ccccc1C(=O)N1CCCSCC1CN1CCCCC1. The lowest BCUT2D eigenvalue weighted by atomic mass is 10.1. The Morgan fingerprint density at radius 3 is 2.70 bits per heavy atom. The lowest BCUT2D eigenvalue weighted by Gasteiger charge is -2.36. The van der Waals surface area contributed by atoms with Crippen LogP contribution in [0.25, 0.3) is 0 Å². The van der Waals surface area contributed by atoms with Gasteiger partial charge in [-0.3, -0.25) is 4.79 Å². The summed E-state index contributed by atoms with van der Waals surface area (Å²) in [5.41, 5.74) is 1.97. The number of rotatable bonds is 3. The van der Waals surface area contributed by atoms with Crippen molar-refractivity contribution in [3.63, 3.8) is 0 Å². The first-order chi connectivity index (χ1) is 11.3. The highest BCUT2D eigenvalue weighted by Crippen LogP contribution is 2.22. The average molecular weight is 333 g/mol. The topological polar surface area (TPSA) is 23.6 Å². The zero-order valence-corrected chi connectivity index (χ0v) is 15.0. The lowest BCUT2D eigenvalue weighted by Crippen LogP contribution is -2.49. The van der Waals surface area contributed by atoms with E-state index in [0.29, 0.717) is 6.04 Å². The number of hydrogen-bond acceptors (Lipinski definition) is 3. The van der Waals surface area contributed by atoms with Gasteiger partial charge in [0.15, 0.2) is 0 Å². The summed E-state index contributed by atoms with van der Waals surface area (Å²) < 4.78 is 0. The van der Waals surface area contributed by atoms with Crippen molar-refractivity contribution < 1.29 is 4.79 Å². The van der Waals surface area contributed by atoms with E-state index in [9.17, 15) is 4.79 Å². The Balaban J connectivity index is 1.75. The number of amides is 1. The van der Waals surface area contributed by atoms with Crippen molar-refractivity contribution in [3.8, 4) is 0 Å². The first-order valence-electron chi connectivity index (χ1n) is 8.92. The van der Waals surface area contributed by atoms with Crippen molar-refractivity contribution in [1.82, 2.24) is 9.80 Å². The van der Waals surface area contributed by atoms with Gasteiger partial charge >= 0.3 is 0 Å². The van der Waals surface area contributed by atoms with E-state index in [4.69, 9.17) is 0 Å². The Hall–Kier alpha value is -1.00. The van der Waals surface area contributed by atoms with Crippen LogP contribution in [0.1, 0.15) is 41.6 Å². The molecule has 2 saturated heterocycles. The molecule has 0 aromatic heterocycles. The van der Waals surface area contributed by atoms with Crippen LogP contribution >= 0.6 is 11.8 Å². The molecule has 1 aromatic rings. The van der Waals surface area contributed by atoms with Crippen molar-refractivity contribution >= 4 is 17.7 Å². The maximum atomic E-state index is 13.1. The third kappa shape index (κ3) is 4.30. The second-order valence-electron chi connectivity index (χ2n) is 6.76. The van der Waals surface area contributed by atoms with Crippen LogP contribution in [0.4, 0.5) is 0 Å². The predicted molar refractivity (Wildman–Crippen MR) is 98.2 cm³/mol. The molecule has 2 aliphatic rings. The van der Waals surface area contributed by atoms with Gasteiger partial charge in [-0.25, -0.2) is 0 Å². The zero-order chi connectivity index (χ0) is 16.1. The summed E-state index contributed by atoms with van der Waals surface area (Å²) in [6, 6.07) is 8.36. The largest absolute Gasteiger partial charge is 0.334 e. The number of piperidine rings is 1. The number of likely N-dealkylation sites (tertiary alicyclic amines) is 1. The summed E-state index contributed by atoms with van der Waals surface area (Å²) in [5.74, 6) is 2.48. The maximum Gasteiger partial charge on any atom is 0.254 e. The van der Waals surface area contributed by atoms with Crippen molar-refractivity contribution in [3.05, 3.63) is 35.4 Å². The summed E-state index contributed by atoms with van der Waals surface area (Å²) in [6.45, 7) is 6.39. The van der Waals surface area contributed by atoms with Gasteiger partial charge in [-0.05, 0) is 56.7 Å². The number of nitrogens with zero attached hydrogens (tertiary/aromatic N) is 2. The van der Waals surface area contributed by atoms with Crippen molar-refractivity contribution in [2.75, 3.05) is 37.7 Å². The molecule has 1 atom stereocenters. The second-order valence-corrected chi connectivity index (χ2v) is 7.91. The van der Waals surface area contributed by atoms with E-state index >= 15 is 0 Å². The first kappa shape index (κ1) is 16.8. The lowest BCUT2D eigenvalue weighted by molar-refractivity contribution is 0.0645. The molecular weight excluding hydrogens is 304 g/mol. The smallest absolute Gasteiger partial charge is 0.254 e. The van der Waals surface area contributed by atoms with Crippen LogP contribution < -0.4 is 0 Å². The van der Waals surface area contributed by atoms with Gasteiger partial charge in [-0.2, -0.15) is 11.8 Å². The quantitative estimate of drug-likeness (QED) is 0.847. The van der Waals surface area contributed by atoms with Gasteiger partial charge in [-0.1, -0.05) is 24.6 Å². The molecule has 0 radical (unpaired) electrons. The molecular formula is C19H28N2OS. The number of benzene rings is 1. The maximum absolute atomic E-state index is 13.1. The molecule has 1 unspecified atom stereocenters. The Bertz CT molecular complexity index is 528. The van der Waals surface area contributed by atoms with Crippen LogP contribution in [0.2, 0.25) is 0 Å². The van der Waals surface area contributed by atoms with Crippen LogP contribution in [0.15, 0.2) is 24.3 Å². The summed E-state index contributed by atoms with van der Waals surface area (Å²) in [6.07, 6.45) is 5.10. The van der Waals surface area contributed by atoms with E-state index in [-0.39, 0.29) is 5.91 Å². The summed E-state index contributed by atoms with van der Waals surface area (Å²) in [5, 5.41) is 0. The average Bonchev–Trinajstić information content (AvgIpc) is 2.81. The van der Waals surface area contributed by atoms with Crippen LogP contribution in [0.5, 0.6) is 0 Å². The number of hydrogen-bond donors (Lipinski definition) is 0. The monoisotopic (exact) mass is 332 g/mol. The summed E-state index contributed by atoms with van der Waals surface area (Å²) >= 11 is 2.01. The van der Waals surface area contributed by atoms with Gasteiger partial charge in [0.1, 0.15) is 0 Å². The van der Waals surface area contributed by atoms with Gasteiger partial charge in [0.25, 0.3) is 5.91 Å². The fourth-order valence-corrected chi connectivity index (χ4v) is 4.71. The molecule has 0 spiro atoms.